The van der Waals surface area contributed by atoms with E-state index < -0.39 is 12.0 Å². The van der Waals surface area contributed by atoms with Crippen molar-refractivity contribution in [2.24, 2.45) is 0 Å². The lowest BCUT2D eigenvalue weighted by atomic mass is 10.2. The number of nitrogens with zero attached hydrogens (tertiary/aromatic N) is 1. The average molecular weight is 230 g/mol. The first-order chi connectivity index (χ1) is 7.40. The summed E-state index contributed by atoms with van der Waals surface area (Å²) in [6.45, 7) is 6.19. The van der Waals surface area contributed by atoms with Crippen LogP contribution in [0.4, 0.5) is 4.79 Å². The average Bonchev–Trinajstić information content (AvgIpc) is 2.15. The van der Waals surface area contributed by atoms with Crippen LogP contribution in [0.1, 0.15) is 20.8 Å². The van der Waals surface area contributed by atoms with Gasteiger partial charge in [0.15, 0.2) is 0 Å². The van der Waals surface area contributed by atoms with Crippen molar-refractivity contribution in [3.05, 3.63) is 0 Å². The summed E-state index contributed by atoms with van der Waals surface area (Å²) in [5.41, 5.74) is 0. The number of hydrogen-bond acceptors (Lipinski definition) is 3. The van der Waals surface area contributed by atoms with E-state index in [2.05, 4.69) is 5.32 Å². The van der Waals surface area contributed by atoms with Gasteiger partial charge in [0.05, 0.1) is 12.2 Å². The van der Waals surface area contributed by atoms with Crippen LogP contribution in [0.2, 0.25) is 0 Å². The summed E-state index contributed by atoms with van der Waals surface area (Å²) in [5, 5.41) is 11.1. The number of hydrogen-bond donors (Lipinski definition) is 2. The minimum absolute atomic E-state index is 0.0189. The molecule has 2 N–H and O–H groups in total. The van der Waals surface area contributed by atoms with Gasteiger partial charge in [0, 0.05) is 13.1 Å². The molecule has 1 rings (SSSR count). The molecule has 0 unspecified atom stereocenters. The quantitative estimate of drug-likeness (QED) is 0.714. The van der Waals surface area contributed by atoms with Crippen molar-refractivity contribution in [1.29, 1.82) is 0 Å². The Balaban J connectivity index is 2.50. The second-order valence-corrected chi connectivity index (χ2v) is 4.17. The number of carbonyl (C=O) groups is 2. The third kappa shape index (κ3) is 3.37. The molecule has 1 fully saturated rings. The molecular formula is C10H18N2O4. The summed E-state index contributed by atoms with van der Waals surface area (Å²) in [6.07, 6.45) is -0.0377. The molecule has 1 saturated heterocycles. The van der Waals surface area contributed by atoms with E-state index in [-0.39, 0.29) is 18.2 Å². The number of ether oxygens (including phenoxy) is 1. The van der Waals surface area contributed by atoms with Crippen molar-refractivity contribution in [2.75, 3.05) is 13.1 Å². The Hall–Kier alpha value is -1.30. The minimum atomic E-state index is -1.04. The minimum Gasteiger partial charge on any atom is -0.480 e. The van der Waals surface area contributed by atoms with Gasteiger partial charge < -0.3 is 20.1 Å². The lowest BCUT2D eigenvalue weighted by molar-refractivity contribution is -0.138. The summed E-state index contributed by atoms with van der Waals surface area (Å²) in [6, 6.07) is -1.22. The predicted octanol–water partition coefficient (Wildman–Crippen LogP) is 0.278. The Morgan fingerprint density at radius 2 is 1.88 bits per heavy atom. The number of carboxylic acid groups (broad SMARTS) is 1. The molecular weight excluding hydrogens is 212 g/mol. The highest BCUT2D eigenvalue weighted by Crippen LogP contribution is 2.10. The molecule has 0 aromatic heterocycles. The van der Waals surface area contributed by atoms with Gasteiger partial charge >= 0.3 is 12.0 Å². The molecule has 92 valence electrons. The molecule has 1 heterocycles. The molecule has 0 aromatic rings. The summed E-state index contributed by atoms with van der Waals surface area (Å²) < 4.78 is 5.48. The number of urea groups is 1. The van der Waals surface area contributed by atoms with Crippen molar-refractivity contribution >= 4 is 12.0 Å². The van der Waals surface area contributed by atoms with Crippen LogP contribution < -0.4 is 5.32 Å². The fourth-order valence-corrected chi connectivity index (χ4v) is 1.68. The molecule has 0 spiro atoms. The fourth-order valence-electron chi connectivity index (χ4n) is 1.68. The Kier molecular flexibility index (Phi) is 4.12. The maximum absolute atomic E-state index is 11.7. The highest BCUT2D eigenvalue weighted by molar-refractivity contribution is 5.82. The smallest absolute Gasteiger partial charge is 0.325 e. The molecule has 1 aliphatic rings. The van der Waals surface area contributed by atoms with Crippen LogP contribution in [0.15, 0.2) is 0 Å². The first-order valence-electron chi connectivity index (χ1n) is 5.34. The largest absolute Gasteiger partial charge is 0.480 e. The molecule has 0 radical (unpaired) electrons. The van der Waals surface area contributed by atoms with Gasteiger partial charge in [-0.2, -0.15) is 0 Å². The van der Waals surface area contributed by atoms with Crippen molar-refractivity contribution < 1.29 is 19.4 Å². The van der Waals surface area contributed by atoms with E-state index in [4.69, 9.17) is 9.84 Å². The van der Waals surface area contributed by atoms with Crippen LogP contribution in [0, 0.1) is 0 Å². The summed E-state index contributed by atoms with van der Waals surface area (Å²) in [5.74, 6) is -1.04. The van der Waals surface area contributed by atoms with Gasteiger partial charge in [-0.05, 0) is 20.8 Å². The molecule has 6 nitrogen and oxygen atoms in total. The third-order valence-corrected chi connectivity index (χ3v) is 2.42. The molecule has 0 bridgehead atoms. The van der Waals surface area contributed by atoms with Crippen LogP contribution in [0.3, 0.4) is 0 Å². The summed E-state index contributed by atoms with van der Waals surface area (Å²) in [7, 11) is 0. The van der Waals surface area contributed by atoms with E-state index in [0.717, 1.165) is 0 Å². The number of aliphatic carboxylic acids is 1. The molecule has 0 saturated carbocycles. The normalized spacial score (nSPS) is 27.3. The van der Waals surface area contributed by atoms with E-state index in [9.17, 15) is 9.59 Å². The van der Waals surface area contributed by atoms with E-state index in [0.29, 0.717) is 13.1 Å². The second-order valence-electron chi connectivity index (χ2n) is 4.17. The molecule has 16 heavy (non-hydrogen) atoms. The first-order valence-corrected chi connectivity index (χ1v) is 5.34. The topological polar surface area (TPSA) is 78.9 Å². The third-order valence-electron chi connectivity index (χ3n) is 2.42. The van der Waals surface area contributed by atoms with Gasteiger partial charge in [-0.3, -0.25) is 4.79 Å². The Bertz CT molecular complexity index is 272. The molecule has 6 heteroatoms. The maximum Gasteiger partial charge on any atom is 0.325 e. The number of rotatable bonds is 2. The maximum atomic E-state index is 11.7. The van der Waals surface area contributed by atoms with E-state index in [1.54, 1.807) is 4.90 Å². The zero-order valence-electron chi connectivity index (χ0n) is 9.77. The van der Waals surface area contributed by atoms with Crippen LogP contribution in [-0.2, 0) is 9.53 Å². The Morgan fingerprint density at radius 3 is 2.31 bits per heavy atom. The fraction of sp³-hybridized carbons (Fsp3) is 0.800. The van der Waals surface area contributed by atoms with Crippen molar-refractivity contribution in [3.63, 3.8) is 0 Å². The molecule has 1 aliphatic heterocycles. The highest BCUT2D eigenvalue weighted by Gasteiger charge is 2.27. The first kappa shape index (κ1) is 12.8. The van der Waals surface area contributed by atoms with Crippen molar-refractivity contribution in [2.45, 2.75) is 39.0 Å². The van der Waals surface area contributed by atoms with E-state index in [1.165, 1.54) is 6.92 Å². The SMILES string of the molecule is C[C@@H]1CN(C(=O)N[C@H](C)C(=O)O)C[C@H](C)O1. The zero-order chi connectivity index (χ0) is 12.3. The van der Waals surface area contributed by atoms with Gasteiger partial charge in [-0.1, -0.05) is 0 Å². The Labute approximate surface area is 94.6 Å². The Morgan fingerprint density at radius 1 is 1.38 bits per heavy atom. The van der Waals surface area contributed by atoms with Crippen LogP contribution >= 0.6 is 0 Å². The van der Waals surface area contributed by atoms with Gasteiger partial charge in [-0.15, -0.1) is 0 Å². The van der Waals surface area contributed by atoms with E-state index in [1.807, 2.05) is 13.8 Å². The zero-order valence-corrected chi connectivity index (χ0v) is 9.77. The lowest BCUT2D eigenvalue weighted by Gasteiger charge is -2.35. The lowest BCUT2D eigenvalue weighted by Crippen LogP contribution is -2.54. The van der Waals surface area contributed by atoms with Gasteiger partial charge in [0.25, 0.3) is 0 Å². The standard InChI is InChI=1S/C10H18N2O4/c1-6-4-12(5-7(2)16-6)10(15)11-8(3)9(13)14/h6-8H,4-5H2,1-3H3,(H,11,15)(H,13,14)/t6-,7+,8-/m1/s1. The molecule has 0 aliphatic carbocycles. The second kappa shape index (κ2) is 5.16. The van der Waals surface area contributed by atoms with Crippen molar-refractivity contribution in [1.82, 2.24) is 10.2 Å². The molecule has 3 atom stereocenters. The summed E-state index contributed by atoms with van der Waals surface area (Å²) in [4.78, 5) is 23.9. The molecule has 0 aromatic carbocycles. The van der Waals surface area contributed by atoms with Gasteiger partial charge in [0.1, 0.15) is 6.04 Å². The highest BCUT2D eigenvalue weighted by atomic mass is 16.5. The van der Waals surface area contributed by atoms with Crippen LogP contribution in [0.25, 0.3) is 0 Å². The van der Waals surface area contributed by atoms with Gasteiger partial charge in [0.2, 0.25) is 0 Å². The predicted molar refractivity (Wildman–Crippen MR) is 57.2 cm³/mol. The van der Waals surface area contributed by atoms with Crippen LogP contribution in [0.5, 0.6) is 0 Å². The summed E-state index contributed by atoms with van der Waals surface area (Å²) >= 11 is 0. The number of carbonyl (C=O) groups excluding carboxylic acids is 1. The van der Waals surface area contributed by atoms with Gasteiger partial charge in [-0.25, -0.2) is 4.79 Å². The number of amides is 2. The number of carboxylic acids is 1. The van der Waals surface area contributed by atoms with Crippen LogP contribution in [-0.4, -0.2) is 53.3 Å². The molecule has 2 amide bonds. The van der Waals surface area contributed by atoms with E-state index >= 15 is 0 Å². The number of nitrogens with one attached hydrogen (secondary N) is 1. The number of morpholine rings is 1. The van der Waals surface area contributed by atoms with Crippen molar-refractivity contribution in [3.8, 4) is 0 Å². The monoisotopic (exact) mass is 230 g/mol.